The van der Waals surface area contributed by atoms with E-state index < -0.39 is 30.4 Å². The van der Waals surface area contributed by atoms with Crippen LogP contribution < -0.4 is 14.8 Å². The molecule has 0 aromatic heterocycles. The van der Waals surface area contributed by atoms with E-state index in [0.29, 0.717) is 5.56 Å². The van der Waals surface area contributed by atoms with E-state index in [9.17, 15) is 24.3 Å². The maximum absolute atomic E-state index is 11.7. The highest BCUT2D eigenvalue weighted by Gasteiger charge is 2.22. The molecule has 0 aliphatic heterocycles. The summed E-state index contributed by atoms with van der Waals surface area (Å²) in [6.45, 7) is 6.78. The second kappa shape index (κ2) is 13.9. The van der Waals surface area contributed by atoms with E-state index >= 15 is 0 Å². The molecule has 0 heterocycles. The highest BCUT2D eigenvalue weighted by Crippen LogP contribution is 2.30. The summed E-state index contributed by atoms with van der Waals surface area (Å²) in [6, 6.07) is 3.21. The average Bonchev–Trinajstić information content (AvgIpc) is 2.72. The van der Waals surface area contributed by atoms with Crippen LogP contribution in [0.1, 0.15) is 39.7 Å². The van der Waals surface area contributed by atoms with E-state index in [1.165, 1.54) is 18.2 Å². The summed E-state index contributed by atoms with van der Waals surface area (Å²) in [7, 11) is 0. The quantitative estimate of drug-likeness (QED) is 0.272. The van der Waals surface area contributed by atoms with Crippen LogP contribution in [0.4, 0.5) is 9.59 Å². The third kappa shape index (κ3) is 9.65. The first-order valence-electron chi connectivity index (χ1n) is 10.2. The summed E-state index contributed by atoms with van der Waals surface area (Å²) in [4.78, 5) is 46.4. The zero-order chi connectivity index (χ0) is 24.1. The van der Waals surface area contributed by atoms with Crippen LogP contribution in [0, 0.1) is 0 Å². The maximum atomic E-state index is 11.7. The van der Waals surface area contributed by atoms with Gasteiger partial charge in [0.15, 0.2) is 11.5 Å². The van der Waals surface area contributed by atoms with Gasteiger partial charge in [-0.15, -0.1) is 0 Å². The first-order chi connectivity index (χ1) is 15.2. The Labute approximate surface area is 185 Å². The van der Waals surface area contributed by atoms with Crippen LogP contribution in [0.3, 0.4) is 0 Å². The van der Waals surface area contributed by atoms with Gasteiger partial charge in [0, 0.05) is 13.0 Å². The third-order valence-electron chi connectivity index (χ3n) is 3.93. The molecule has 0 aliphatic carbocycles. The standard InChI is InChI=1S/C21H29NO10/c1-5-18(23)30-13(4)12-22-15(19(24)25)10-14-8-9-16(31-20(26)28-6-2)17(11-14)32-21(27)29-7-3/h8-9,11,13,15,22H,5-7,10,12H2,1-4H3,(H,24,25)/t13?,15-/m0/s1. The van der Waals surface area contributed by atoms with Crippen LogP contribution in [-0.2, 0) is 30.2 Å². The molecule has 11 nitrogen and oxygen atoms in total. The highest BCUT2D eigenvalue weighted by molar-refractivity contribution is 5.74. The first kappa shape index (κ1) is 26.7. The molecule has 11 heteroatoms. The fourth-order valence-corrected chi connectivity index (χ4v) is 2.46. The van der Waals surface area contributed by atoms with Crippen LogP contribution in [0.25, 0.3) is 0 Å². The Balaban J connectivity index is 2.97. The number of ether oxygens (including phenoxy) is 5. The molecule has 178 valence electrons. The molecule has 0 fully saturated rings. The number of hydrogen-bond donors (Lipinski definition) is 2. The number of benzene rings is 1. The van der Waals surface area contributed by atoms with Crippen molar-refractivity contribution in [2.45, 2.75) is 52.7 Å². The Bertz CT molecular complexity index is 795. The van der Waals surface area contributed by atoms with Crippen molar-refractivity contribution in [2.24, 2.45) is 0 Å². The fraction of sp³-hybridized carbons (Fsp3) is 0.524. The SMILES string of the molecule is CCOC(=O)Oc1ccc(C[C@H](NCC(C)OC(=O)CC)C(=O)O)cc1OC(=O)OCC. The molecule has 0 saturated carbocycles. The molecule has 2 N–H and O–H groups in total. The van der Waals surface area contributed by atoms with Gasteiger partial charge in [0.25, 0.3) is 0 Å². The zero-order valence-corrected chi connectivity index (χ0v) is 18.5. The van der Waals surface area contributed by atoms with Crippen molar-refractivity contribution < 1.29 is 48.0 Å². The van der Waals surface area contributed by atoms with Gasteiger partial charge in [0.1, 0.15) is 12.1 Å². The Morgan fingerprint density at radius 3 is 2.09 bits per heavy atom. The van der Waals surface area contributed by atoms with E-state index in [1.54, 1.807) is 27.7 Å². The van der Waals surface area contributed by atoms with E-state index in [2.05, 4.69) is 5.32 Å². The van der Waals surface area contributed by atoms with E-state index in [1.807, 2.05) is 0 Å². The molecular weight excluding hydrogens is 426 g/mol. The van der Waals surface area contributed by atoms with Gasteiger partial charge in [0.2, 0.25) is 0 Å². The molecule has 0 radical (unpaired) electrons. The van der Waals surface area contributed by atoms with Crippen molar-refractivity contribution in [1.82, 2.24) is 5.32 Å². The number of rotatable bonds is 12. The number of aliphatic carboxylic acids is 1. The minimum Gasteiger partial charge on any atom is -0.480 e. The first-order valence-corrected chi connectivity index (χ1v) is 10.2. The molecule has 1 aromatic carbocycles. The molecule has 0 aliphatic rings. The van der Waals surface area contributed by atoms with Gasteiger partial charge in [0.05, 0.1) is 13.2 Å². The van der Waals surface area contributed by atoms with E-state index in [0.717, 1.165) is 0 Å². The largest absolute Gasteiger partial charge is 0.513 e. The molecule has 1 unspecified atom stereocenters. The lowest BCUT2D eigenvalue weighted by Gasteiger charge is -2.19. The molecule has 0 amide bonds. The van der Waals surface area contributed by atoms with Gasteiger partial charge in [-0.1, -0.05) is 13.0 Å². The molecule has 0 saturated heterocycles. The molecule has 0 spiro atoms. The van der Waals surface area contributed by atoms with Crippen molar-refractivity contribution in [3.63, 3.8) is 0 Å². The lowest BCUT2D eigenvalue weighted by Crippen LogP contribution is -2.42. The number of hydrogen-bond acceptors (Lipinski definition) is 10. The lowest BCUT2D eigenvalue weighted by atomic mass is 10.0. The topological polar surface area (TPSA) is 147 Å². The Kier molecular flexibility index (Phi) is 11.6. The van der Waals surface area contributed by atoms with Crippen LogP contribution in [-0.4, -0.2) is 61.3 Å². The number of carbonyl (C=O) groups excluding carboxylic acids is 3. The minimum atomic E-state index is -1.13. The fourth-order valence-electron chi connectivity index (χ4n) is 2.46. The second-order valence-electron chi connectivity index (χ2n) is 6.51. The summed E-state index contributed by atoms with van der Waals surface area (Å²) in [5.41, 5.74) is 0.471. The van der Waals surface area contributed by atoms with Crippen LogP contribution >= 0.6 is 0 Å². The van der Waals surface area contributed by atoms with Gasteiger partial charge in [-0.3, -0.25) is 9.59 Å². The lowest BCUT2D eigenvalue weighted by molar-refractivity contribution is -0.147. The van der Waals surface area contributed by atoms with Crippen molar-refractivity contribution >= 4 is 24.2 Å². The number of carboxylic acid groups (broad SMARTS) is 1. The minimum absolute atomic E-state index is 0.00263. The number of esters is 1. The van der Waals surface area contributed by atoms with Crippen LogP contribution in [0.2, 0.25) is 0 Å². The molecular formula is C21H29NO10. The average molecular weight is 455 g/mol. The van der Waals surface area contributed by atoms with Gasteiger partial charge < -0.3 is 34.1 Å². The van der Waals surface area contributed by atoms with Crippen molar-refractivity contribution in [1.29, 1.82) is 0 Å². The maximum Gasteiger partial charge on any atom is 0.513 e. The second-order valence-corrected chi connectivity index (χ2v) is 6.51. The Morgan fingerprint density at radius 1 is 0.969 bits per heavy atom. The molecule has 1 aromatic rings. The van der Waals surface area contributed by atoms with Gasteiger partial charge in [-0.05, 0) is 44.9 Å². The highest BCUT2D eigenvalue weighted by atomic mass is 16.7. The van der Waals surface area contributed by atoms with E-state index in [4.69, 9.17) is 23.7 Å². The zero-order valence-electron chi connectivity index (χ0n) is 18.5. The summed E-state index contributed by atoms with van der Waals surface area (Å²) < 4.78 is 24.7. The summed E-state index contributed by atoms with van der Waals surface area (Å²) in [6.07, 6.45) is -2.31. The van der Waals surface area contributed by atoms with Crippen LogP contribution in [0.15, 0.2) is 18.2 Å². The predicted octanol–water partition coefficient (Wildman–Crippen LogP) is 2.68. The Morgan fingerprint density at radius 2 is 1.56 bits per heavy atom. The van der Waals surface area contributed by atoms with Gasteiger partial charge in [-0.2, -0.15) is 0 Å². The van der Waals surface area contributed by atoms with Crippen molar-refractivity contribution in [3.05, 3.63) is 23.8 Å². The summed E-state index contributed by atoms with van der Waals surface area (Å²) >= 11 is 0. The monoisotopic (exact) mass is 455 g/mol. The molecule has 1 rings (SSSR count). The third-order valence-corrected chi connectivity index (χ3v) is 3.93. The number of nitrogens with one attached hydrogen (secondary N) is 1. The summed E-state index contributed by atoms with van der Waals surface area (Å²) in [5, 5.41) is 12.4. The number of carboxylic acids is 1. The number of carbonyl (C=O) groups is 4. The Hall–Kier alpha value is -3.34. The van der Waals surface area contributed by atoms with E-state index in [-0.39, 0.29) is 50.1 Å². The van der Waals surface area contributed by atoms with Crippen molar-refractivity contribution in [3.8, 4) is 11.5 Å². The smallest absolute Gasteiger partial charge is 0.480 e. The normalized spacial score (nSPS) is 12.2. The van der Waals surface area contributed by atoms with Gasteiger partial charge in [-0.25, -0.2) is 9.59 Å². The molecule has 32 heavy (non-hydrogen) atoms. The van der Waals surface area contributed by atoms with Crippen LogP contribution in [0.5, 0.6) is 11.5 Å². The molecule has 2 atom stereocenters. The summed E-state index contributed by atoms with van der Waals surface area (Å²) in [5.74, 6) is -1.74. The van der Waals surface area contributed by atoms with Crippen molar-refractivity contribution in [2.75, 3.05) is 19.8 Å². The van der Waals surface area contributed by atoms with Gasteiger partial charge >= 0.3 is 24.2 Å². The molecule has 0 bridgehead atoms. The predicted molar refractivity (Wildman–Crippen MR) is 111 cm³/mol.